The molecule has 4 nitrogen and oxygen atoms in total. The predicted octanol–water partition coefficient (Wildman–Crippen LogP) is 1.71. The number of piperidine rings is 1. The molecule has 0 aromatic carbocycles. The Morgan fingerprint density at radius 2 is 1.63 bits per heavy atom. The number of rotatable bonds is 3. The molecule has 1 aliphatic heterocycles. The van der Waals surface area contributed by atoms with Crippen LogP contribution < -0.4 is 0 Å². The van der Waals surface area contributed by atoms with Crippen LogP contribution in [0.4, 0.5) is 8.78 Å². The van der Waals surface area contributed by atoms with Gasteiger partial charge in [0.15, 0.2) is 0 Å². The molecule has 2 amide bonds. The summed E-state index contributed by atoms with van der Waals surface area (Å²) in [6.07, 6.45) is 0.465. The number of nitrogens with zero attached hydrogens (tertiary/aromatic N) is 1. The fraction of sp³-hybridized carbons (Fsp3) is 0.846. The van der Waals surface area contributed by atoms with Crippen LogP contribution in [0.15, 0.2) is 0 Å². The maximum Gasteiger partial charge on any atom is 0.265 e. The molecule has 1 unspecified atom stereocenters. The van der Waals surface area contributed by atoms with E-state index in [2.05, 4.69) is 0 Å². The van der Waals surface area contributed by atoms with Gasteiger partial charge in [0.05, 0.1) is 6.54 Å². The van der Waals surface area contributed by atoms with E-state index in [0.717, 1.165) is 37.0 Å². The smallest absolute Gasteiger partial charge is 0.265 e. The van der Waals surface area contributed by atoms with Gasteiger partial charge in [-0.25, -0.2) is 8.78 Å². The zero-order valence-electron chi connectivity index (χ0n) is 10.8. The molecular weight excluding hydrogens is 256 g/mol. The van der Waals surface area contributed by atoms with Gasteiger partial charge in [0.1, 0.15) is 6.10 Å². The molecule has 1 atom stereocenters. The minimum Gasteiger partial charge on any atom is -0.385 e. The summed E-state index contributed by atoms with van der Waals surface area (Å²) in [5, 5.41) is 9.12. The molecule has 108 valence electrons. The quantitative estimate of drug-likeness (QED) is 0.798. The Morgan fingerprint density at radius 1 is 1.11 bits per heavy atom. The van der Waals surface area contributed by atoms with Gasteiger partial charge < -0.3 is 5.11 Å². The Hall–Kier alpha value is -1.04. The van der Waals surface area contributed by atoms with Crippen molar-refractivity contribution in [3.05, 3.63) is 0 Å². The van der Waals surface area contributed by atoms with Crippen LogP contribution >= 0.6 is 0 Å². The number of β-amino-alcohol motifs (C(OH)–C–C–N with tert-alkyl or cyclic N) is 1. The largest absolute Gasteiger partial charge is 0.385 e. The fourth-order valence-electron chi connectivity index (χ4n) is 3.16. The van der Waals surface area contributed by atoms with Crippen molar-refractivity contribution < 1.29 is 23.5 Å². The lowest BCUT2D eigenvalue weighted by molar-refractivity contribution is -0.158. The number of imide groups is 1. The number of halogens is 2. The van der Waals surface area contributed by atoms with Gasteiger partial charge in [-0.3, -0.25) is 14.5 Å². The van der Waals surface area contributed by atoms with Crippen molar-refractivity contribution in [2.45, 2.75) is 57.5 Å². The first-order chi connectivity index (χ1) is 8.93. The first-order valence-corrected chi connectivity index (χ1v) is 6.73. The number of aliphatic hydroxyl groups excluding tert-OH is 1. The highest BCUT2D eigenvalue weighted by molar-refractivity contribution is 5.98. The summed E-state index contributed by atoms with van der Waals surface area (Å²) in [6, 6.07) is 0. The summed E-state index contributed by atoms with van der Waals surface area (Å²) in [5.74, 6) is -0.837. The van der Waals surface area contributed by atoms with E-state index in [1.165, 1.54) is 0 Å². The number of likely N-dealkylation sites (tertiary alicyclic amines) is 1. The Kier molecular flexibility index (Phi) is 4.18. The van der Waals surface area contributed by atoms with Crippen LogP contribution in [0.1, 0.15) is 44.9 Å². The Morgan fingerprint density at radius 3 is 2.11 bits per heavy atom. The van der Waals surface area contributed by atoms with E-state index in [4.69, 9.17) is 5.11 Å². The van der Waals surface area contributed by atoms with Crippen molar-refractivity contribution in [3.63, 3.8) is 0 Å². The minimum atomic E-state index is -2.94. The maximum absolute atomic E-state index is 12.3. The molecule has 1 saturated carbocycles. The first kappa shape index (κ1) is 14.4. The molecule has 1 heterocycles. The van der Waals surface area contributed by atoms with E-state index >= 15 is 0 Å². The van der Waals surface area contributed by atoms with Crippen LogP contribution in [0.25, 0.3) is 0 Å². The van der Waals surface area contributed by atoms with Gasteiger partial charge in [-0.05, 0) is 18.3 Å². The average Bonchev–Trinajstić information content (AvgIpc) is 2.34. The third kappa shape index (κ3) is 3.11. The monoisotopic (exact) mass is 275 g/mol. The summed E-state index contributed by atoms with van der Waals surface area (Å²) < 4.78 is 24.6. The number of carbonyl (C=O) groups excluding carboxylic acids is 2. The molecule has 1 spiro atoms. The zero-order valence-corrected chi connectivity index (χ0v) is 10.8. The van der Waals surface area contributed by atoms with Crippen molar-refractivity contribution in [2.24, 2.45) is 5.41 Å². The Balaban J connectivity index is 2.02. The molecule has 1 saturated heterocycles. The van der Waals surface area contributed by atoms with Crippen LogP contribution in [0.2, 0.25) is 0 Å². The molecule has 2 rings (SSSR count). The van der Waals surface area contributed by atoms with Gasteiger partial charge in [0, 0.05) is 12.8 Å². The van der Waals surface area contributed by atoms with Gasteiger partial charge in [-0.2, -0.15) is 0 Å². The molecule has 6 heteroatoms. The second kappa shape index (κ2) is 5.53. The number of hydrogen-bond donors (Lipinski definition) is 1. The molecular formula is C13H19F2NO3. The van der Waals surface area contributed by atoms with Crippen molar-refractivity contribution in [3.8, 4) is 0 Å². The molecule has 0 bridgehead atoms. The summed E-state index contributed by atoms with van der Waals surface area (Å²) in [4.78, 5) is 24.8. The lowest BCUT2D eigenvalue weighted by atomic mass is 9.67. The van der Waals surface area contributed by atoms with E-state index in [1.807, 2.05) is 0 Å². The molecule has 1 N–H and O–H groups in total. The molecule has 0 aromatic rings. The van der Waals surface area contributed by atoms with E-state index in [0.29, 0.717) is 0 Å². The predicted molar refractivity (Wildman–Crippen MR) is 63.5 cm³/mol. The summed E-state index contributed by atoms with van der Waals surface area (Å²) >= 11 is 0. The molecule has 0 aromatic heterocycles. The van der Waals surface area contributed by atoms with Crippen LogP contribution in [0.3, 0.4) is 0 Å². The van der Waals surface area contributed by atoms with E-state index in [9.17, 15) is 18.4 Å². The second-order valence-electron chi connectivity index (χ2n) is 5.71. The van der Waals surface area contributed by atoms with Gasteiger partial charge >= 0.3 is 0 Å². The van der Waals surface area contributed by atoms with E-state index in [1.54, 1.807) is 0 Å². The highest BCUT2D eigenvalue weighted by Gasteiger charge is 2.44. The third-order valence-electron chi connectivity index (χ3n) is 4.23. The number of aliphatic hydroxyl groups is 1. The average molecular weight is 275 g/mol. The lowest BCUT2D eigenvalue weighted by Crippen LogP contribution is -2.51. The van der Waals surface area contributed by atoms with Gasteiger partial charge in [-0.1, -0.05) is 19.3 Å². The van der Waals surface area contributed by atoms with Crippen LogP contribution in [0.5, 0.6) is 0 Å². The van der Waals surface area contributed by atoms with Crippen molar-refractivity contribution in [1.29, 1.82) is 0 Å². The zero-order chi connectivity index (χ0) is 14.0. The van der Waals surface area contributed by atoms with E-state index in [-0.39, 0.29) is 18.3 Å². The van der Waals surface area contributed by atoms with Crippen molar-refractivity contribution in [1.82, 2.24) is 4.90 Å². The van der Waals surface area contributed by atoms with E-state index < -0.39 is 30.9 Å². The van der Waals surface area contributed by atoms with Crippen LogP contribution in [0, 0.1) is 5.41 Å². The van der Waals surface area contributed by atoms with Crippen LogP contribution in [-0.2, 0) is 9.59 Å². The number of amides is 2. The summed E-state index contributed by atoms with van der Waals surface area (Å²) in [5.41, 5.74) is -0.251. The number of alkyl halides is 2. The second-order valence-corrected chi connectivity index (χ2v) is 5.71. The third-order valence-corrected chi connectivity index (χ3v) is 4.23. The lowest BCUT2D eigenvalue weighted by Gasteiger charge is -2.42. The number of carbonyl (C=O) groups is 2. The van der Waals surface area contributed by atoms with Gasteiger partial charge in [-0.15, -0.1) is 0 Å². The summed E-state index contributed by atoms with van der Waals surface area (Å²) in [7, 11) is 0. The summed E-state index contributed by atoms with van der Waals surface area (Å²) in [6.45, 7) is -0.592. The SMILES string of the molecule is O=C1CC2(CCCCC2)CC(=O)N1CC(O)C(F)F. The van der Waals surface area contributed by atoms with Gasteiger partial charge in [0.2, 0.25) is 11.8 Å². The topological polar surface area (TPSA) is 57.6 Å². The molecule has 2 aliphatic rings. The minimum absolute atomic E-state index is 0.245. The Bertz CT molecular complexity index is 347. The Labute approximate surface area is 110 Å². The normalized spacial score (nSPS) is 25.2. The van der Waals surface area contributed by atoms with Crippen LogP contribution in [-0.4, -0.2) is 40.9 Å². The highest BCUT2D eigenvalue weighted by Crippen LogP contribution is 2.45. The molecule has 0 radical (unpaired) electrons. The fourth-order valence-corrected chi connectivity index (χ4v) is 3.16. The first-order valence-electron chi connectivity index (χ1n) is 6.73. The molecule has 19 heavy (non-hydrogen) atoms. The van der Waals surface area contributed by atoms with Crippen molar-refractivity contribution in [2.75, 3.05) is 6.54 Å². The molecule has 2 fully saturated rings. The standard InChI is InChI=1S/C13H19F2NO3/c14-12(15)9(17)8-16-10(18)6-13(7-11(16)19)4-2-1-3-5-13/h9,12,17H,1-8H2. The molecule has 1 aliphatic carbocycles. The maximum atomic E-state index is 12.3. The highest BCUT2D eigenvalue weighted by atomic mass is 19.3. The van der Waals surface area contributed by atoms with Crippen molar-refractivity contribution >= 4 is 11.8 Å². The number of hydrogen-bond acceptors (Lipinski definition) is 3. The van der Waals surface area contributed by atoms with Gasteiger partial charge in [0.25, 0.3) is 6.43 Å².